The fourth-order valence-electron chi connectivity index (χ4n) is 4.02. The molecule has 2 heterocycles. The zero-order chi connectivity index (χ0) is 13.3. The third-order valence-electron chi connectivity index (χ3n) is 5.53. The molecule has 1 aliphatic carbocycles. The van der Waals surface area contributed by atoms with Crippen LogP contribution in [-0.2, 0) is 14.2 Å². The van der Waals surface area contributed by atoms with Crippen molar-refractivity contribution in [3.63, 3.8) is 0 Å². The van der Waals surface area contributed by atoms with Gasteiger partial charge in [-0.15, -0.1) is 0 Å². The number of hydrogen-bond donors (Lipinski definition) is 1. The number of aliphatic hydroxyl groups is 1. The van der Waals surface area contributed by atoms with Crippen LogP contribution in [0.25, 0.3) is 0 Å². The lowest BCUT2D eigenvalue weighted by Crippen LogP contribution is -2.56. The largest absolute Gasteiger partial charge is 0.390 e. The summed E-state index contributed by atoms with van der Waals surface area (Å²) in [6.45, 7) is 2.18. The Bertz CT molecular complexity index is 307. The predicted octanol–water partition coefficient (Wildman–Crippen LogP) is 1.89. The van der Waals surface area contributed by atoms with Crippen molar-refractivity contribution < 1.29 is 19.3 Å². The van der Waals surface area contributed by atoms with E-state index in [9.17, 15) is 5.11 Å². The Kier molecular flexibility index (Phi) is 3.87. The van der Waals surface area contributed by atoms with E-state index in [4.69, 9.17) is 14.2 Å². The van der Waals surface area contributed by atoms with Crippen molar-refractivity contribution in [3.05, 3.63) is 0 Å². The maximum atomic E-state index is 10.9. The highest BCUT2D eigenvalue weighted by Gasteiger charge is 2.49. The predicted molar refractivity (Wildman–Crippen MR) is 71.1 cm³/mol. The van der Waals surface area contributed by atoms with Crippen LogP contribution in [0.2, 0.25) is 0 Å². The third-order valence-corrected chi connectivity index (χ3v) is 5.53. The molecule has 0 bridgehead atoms. The first-order chi connectivity index (χ1) is 9.20. The van der Waals surface area contributed by atoms with E-state index < -0.39 is 5.60 Å². The van der Waals surface area contributed by atoms with Crippen molar-refractivity contribution in [2.75, 3.05) is 26.9 Å². The molecule has 110 valence electrons. The number of methoxy groups -OCH3 is 1. The van der Waals surface area contributed by atoms with Crippen molar-refractivity contribution in [2.45, 2.75) is 62.3 Å². The van der Waals surface area contributed by atoms with Crippen LogP contribution >= 0.6 is 0 Å². The van der Waals surface area contributed by atoms with Crippen LogP contribution in [0.1, 0.15) is 44.9 Å². The molecule has 2 unspecified atom stereocenters. The maximum absolute atomic E-state index is 10.9. The van der Waals surface area contributed by atoms with Gasteiger partial charge in [0.15, 0.2) is 0 Å². The molecule has 3 rings (SSSR count). The van der Waals surface area contributed by atoms with Crippen LogP contribution in [-0.4, -0.2) is 49.3 Å². The standard InChI is InChI=1S/C15H26O4/c1-17-15(6-9-18-10-7-15)13(16)12-3-8-19-14(11-12)4-2-5-14/h12-13,16H,2-11H2,1H3. The average molecular weight is 270 g/mol. The smallest absolute Gasteiger partial charge is 0.0982 e. The van der Waals surface area contributed by atoms with Crippen molar-refractivity contribution in [2.24, 2.45) is 5.92 Å². The Balaban J connectivity index is 1.69. The van der Waals surface area contributed by atoms with Crippen LogP contribution < -0.4 is 0 Å². The lowest BCUT2D eigenvalue weighted by molar-refractivity contribution is -0.204. The molecule has 19 heavy (non-hydrogen) atoms. The van der Waals surface area contributed by atoms with Gasteiger partial charge in [0.05, 0.1) is 17.3 Å². The molecule has 2 aliphatic heterocycles. The first-order valence-corrected chi connectivity index (χ1v) is 7.65. The van der Waals surface area contributed by atoms with Gasteiger partial charge in [0.1, 0.15) is 0 Å². The van der Waals surface area contributed by atoms with Crippen molar-refractivity contribution in [3.8, 4) is 0 Å². The summed E-state index contributed by atoms with van der Waals surface area (Å²) in [6.07, 6.45) is 6.77. The molecule has 4 nitrogen and oxygen atoms in total. The molecular formula is C15H26O4. The number of ether oxygens (including phenoxy) is 3. The van der Waals surface area contributed by atoms with E-state index in [1.54, 1.807) is 7.11 Å². The molecule has 1 N–H and O–H groups in total. The lowest BCUT2D eigenvalue weighted by Gasteiger charge is -2.51. The van der Waals surface area contributed by atoms with E-state index in [1.807, 2.05) is 0 Å². The Morgan fingerprint density at radius 1 is 1.16 bits per heavy atom. The van der Waals surface area contributed by atoms with Crippen LogP contribution in [0.15, 0.2) is 0 Å². The summed E-state index contributed by atoms with van der Waals surface area (Å²) in [6, 6.07) is 0. The first-order valence-electron chi connectivity index (χ1n) is 7.65. The maximum Gasteiger partial charge on any atom is 0.0982 e. The minimum atomic E-state index is -0.398. The summed E-state index contributed by atoms with van der Waals surface area (Å²) in [5, 5.41) is 10.9. The number of aliphatic hydroxyl groups excluding tert-OH is 1. The quantitative estimate of drug-likeness (QED) is 0.851. The second-order valence-electron chi connectivity index (χ2n) is 6.46. The summed E-state index contributed by atoms with van der Waals surface area (Å²) in [4.78, 5) is 0. The van der Waals surface area contributed by atoms with Crippen molar-refractivity contribution in [1.82, 2.24) is 0 Å². The Morgan fingerprint density at radius 3 is 2.47 bits per heavy atom. The lowest BCUT2D eigenvalue weighted by atomic mass is 9.68. The molecule has 0 radical (unpaired) electrons. The molecule has 1 spiro atoms. The molecule has 0 aromatic carbocycles. The van der Waals surface area contributed by atoms with Gasteiger partial charge < -0.3 is 19.3 Å². The van der Waals surface area contributed by atoms with Gasteiger partial charge in [-0.05, 0) is 38.0 Å². The molecule has 0 amide bonds. The zero-order valence-corrected chi connectivity index (χ0v) is 11.9. The van der Waals surface area contributed by atoms with Crippen LogP contribution in [0.4, 0.5) is 0 Å². The highest BCUT2D eigenvalue weighted by atomic mass is 16.5. The summed E-state index contributed by atoms with van der Waals surface area (Å²) in [5.41, 5.74) is -0.310. The average Bonchev–Trinajstić information content (AvgIpc) is 2.45. The van der Waals surface area contributed by atoms with Gasteiger partial charge >= 0.3 is 0 Å². The molecule has 2 saturated heterocycles. The SMILES string of the molecule is COC1(C(O)C2CCOC3(CCC3)C2)CCOCC1. The molecular weight excluding hydrogens is 244 g/mol. The number of rotatable bonds is 3. The summed E-state index contributed by atoms with van der Waals surface area (Å²) < 4.78 is 17.1. The topological polar surface area (TPSA) is 47.9 Å². The summed E-state index contributed by atoms with van der Waals surface area (Å²) in [7, 11) is 1.73. The van der Waals surface area contributed by atoms with Gasteiger partial charge in [-0.1, -0.05) is 0 Å². The fourth-order valence-corrected chi connectivity index (χ4v) is 4.02. The Morgan fingerprint density at radius 2 is 1.89 bits per heavy atom. The minimum absolute atomic E-state index is 0.0873. The summed E-state index contributed by atoms with van der Waals surface area (Å²) in [5.74, 6) is 0.312. The molecule has 4 heteroatoms. The Hall–Kier alpha value is -0.160. The highest BCUT2D eigenvalue weighted by Crippen LogP contribution is 2.47. The van der Waals surface area contributed by atoms with Gasteiger partial charge in [0, 0.05) is 39.8 Å². The minimum Gasteiger partial charge on any atom is -0.390 e. The molecule has 2 atom stereocenters. The molecule has 0 aromatic heterocycles. The van der Waals surface area contributed by atoms with E-state index in [-0.39, 0.29) is 11.7 Å². The van der Waals surface area contributed by atoms with Crippen LogP contribution in [0.3, 0.4) is 0 Å². The van der Waals surface area contributed by atoms with Gasteiger partial charge in [-0.25, -0.2) is 0 Å². The van der Waals surface area contributed by atoms with E-state index in [0.29, 0.717) is 19.1 Å². The van der Waals surface area contributed by atoms with E-state index in [0.717, 1.165) is 32.3 Å². The summed E-state index contributed by atoms with van der Waals surface area (Å²) >= 11 is 0. The normalized spacial score (nSPS) is 34.7. The Labute approximate surface area is 115 Å². The van der Waals surface area contributed by atoms with Gasteiger partial charge in [0.25, 0.3) is 0 Å². The van der Waals surface area contributed by atoms with Crippen molar-refractivity contribution in [1.29, 1.82) is 0 Å². The molecule has 3 aliphatic rings. The van der Waals surface area contributed by atoms with E-state index in [2.05, 4.69) is 0 Å². The van der Waals surface area contributed by atoms with Gasteiger partial charge in [-0.3, -0.25) is 0 Å². The molecule has 0 aromatic rings. The van der Waals surface area contributed by atoms with Crippen LogP contribution in [0.5, 0.6) is 0 Å². The van der Waals surface area contributed by atoms with Crippen molar-refractivity contribution >= 4 is 0 Å². The second kappa shape index (κ2) is 5.32. The highest BCUT2D eigenvalue weighted by molar-refractivity contribution is 5.00. The second-order valence-corrected chi connectivity index (χ2v) is 6.46. The van der Waals surface area contributed by atoms with E-state index >= 15 is 0 Å². The first kappa shape index (κ1) is 13.8. The zero-order valence-electron chi connectivity index (χ0n) is 11.9. The fraction of sp³-hybridized carbons (Fsp3) is 1.00. The van der Waals surface area contributed by atoms with E-state index in [1.165, 1.54) is 19.3 Å². The van der Waals surface area contributed by atoms with Crippen LogP contribution in [0, 0.1) is 5.92 Å². The van der Waals surface area contributed by atoms with Gasteiger partial charge in [0.2, 0.25) is 0 Å². The third kappa shape index (κ3) is 2.44. The van der Waals surface area contributed by atoms with Gasteiger partial charge in [-0.2, -0.15) is 0 Å². The monoisotopic (exact) mass is 270 g/mol. The molecule has 3 fully saturated rings. The number of hydrogen-bond acceptors (Lipinski definition) is 4. The molecule has 1 saturated carbocycles.